The summed E-state index contributed by atoms with van der Waals surface area (Å²) in [6, 6.07) is 3.19. The highest BCUT2D eigenvalue weighted by molar-refractivity contribution is 5.82. The van der Waals surface area contributed by atoms with Crippen molar-refractivity contribution in [2.75, 3.05) is 13.7 Å². The zero-order valence-electron chi connectivity index (χ0n) is 13.4. The van der Waals surface area contributed by atoms with E-state index in [-0.39, 0.29) is 5.92 Å². The number of hydrogen-bond acceptors (Lipinski definition) is 5. The van der Waals surface area contributed by atoms with E-state index in [2.05, 4.69) is 4.98 Å². The molecule has 1 saturated heterocycles. The highest BCUT2D eigenvalue weighted by Crippen LogP contribution is 2.33. The molecule has 1 aliphatic rings. The van der Waals surface area contributed by atoms with Crippen molar-refractivity contribution in [1.82, 2.24) is 9.88 Å². The number of likely N-dealkylation sites (tertiary alicyclic amines) is 1. The number of aromatic nitrogens is 1. The van der Waals surface area contributed by atoms with Gasteiger partial charge in [-0.15, -0.1) is 0 Å². The van der Waals surface area contributed by atoms with Crippen LogP contribution in [0.15, 0.2) is 24.5 Å². The zero-order chi connectivity index (χ0) is 16.3. The molecule has 120 valence electrons. The molecule has 1 aromatic heterocycles. The molecule has 1 aliphatic heterocycles. The van der Waals surface area contributed by atoms with E-state index in [1.165, 1.54) is 12.0 Å². The lowest BCUT2D eigenvalue weighted by molar-refractivity contribution is -0.145. The normalized spacial score (nSPS) is 21.5. The summed E-state index contributed by atoms with van der Waals surface area (Å²) >= 11 is 0. The number of methoxy groups -OCH3 is 1. The lowest BCUT2D eigenvalue weighted by Crippen LogP contribution is -2.43. The summed E-state index contributed by atoms with van der Waals surface area (Å²) in [6.07, 6.45) is 3.45. The van der Waals surface area contributed by atoms with Gasteiger partial charge in [-0.2, -0.15) is 0 Å². The molecule has 0 radical (unpaired) electrons. The molecule has 2 heterocycles. The number of esters is 1. The standard InChI is InChI=1S/C16H22N2O4/c1-16(2,3)22-15(20)18-10-12(9-13(18)14(19)21-4)11-5-7-17-8-6-11/h5-8,12-13H,9-10H2,1-4H3. The highest BCUT2D eigenvalue weighted by Gasteiger charge is 2.42. The van der Waals surface area contributed by atoms with Gasteiger partial charge in [0, 0.05) is 24.9 Å². The summed E-state index contributed by atoms with van der Waals surface area (Å²) < 4.78 is 10.2. The molecular weight excluding hydrogens is 284 g/mol. The quantitative estimate of drug-likeness (QED) is 0.785. The van der Waals surface area contributed by atoms with Crippen molar-refractivity contribution in [1.29, 1.82) is 0 Å². The number of nitrogens with zero attached hydrogens (tertiary/aromatic N) is 2. The third-order valence-corrected chi connectivity index (χ3v) is 3.58. The van der Waals surface area contributed by atoms with Gasteiger partial charge in [0.2, 0.25) is 0 Å². The van der Waals surface area contributed by atoms with E-state index in [1.54, 1.807) is 33.2 Å². The van der Waals surface area contributed by atoms with E-state index >= 15 is 0 Å². The SMILES string of the molecule is COC(=O)C1CC(c2ccncc2)CN1C(=O)OC(C)(C)C. The van der Waals surface area contributed by atoms with Crippen LogP contribution in [0.2, 0.25) is 0 Å². The molecule has 0 saturated carbocycles. The molecule has 2 atom stereocenters. The van der Waals surface area contributed by atoms with E-state index in [4.69, 9.17) is 9.47 Å². The average molecular weight is 306 g/mol. The fourth-order valence-electron chi connectivity index (χ4n) is 2.59. The van der Waals surface area contributed by atoms with Gasteiger partial charge in [-0.25, -0.2) is 9.59 Å². The molecule has 1 fully saturated rings. The van der Waals surface area contributed by atoms with Crippen molar-refractivity contribution in [2.45, 2.75) is 44.8 Å². The number of rotatable bonds is 2. The van der Waals surface area contributed by atoms with Gasteiger partial charge in [0.05, 0.1) is 7.11 Å². The molecule has 0 aromatic carbocycles. The van der Waals surface area contributed by atoms with Crippen LogP contribution in [-0.2, 0) is 14.3 Å². The summed E-state index contributed by atoms with van der Waals surface area (Å²) in [4.78, 5) is 29.8. The van der Waals surface area contributed by atoms with Crippen LogP contribution >= 0.6 is 0 Å². The van der Waals surface area contributed by atoms with Crippen LogP contribution in [0.1, 0.15) is 38.7 Å². The Bertz CT molecular complexity index is 539. The summed E-state index contributed by atoms with van der Waals surface area (Å²) in [5.41, 5.74) is 0.446. The minimum Gasteiger partial charge on any atom is -0.467 e. The Morgan fingerprint density at radius 2 is 1.91 bits per heavy atom. The monoisotopic (exact) mass is 306 g/mol. The Balaban J connectivity index is 2.19. The number of carbonyl (C=O) groups excluding carboxylic acids is 2. The third-order valence-electron chi connectivity index (χ3n) is 3.58. The van der Waals surface area contributed by atoms with Gasteiger partial charge >= 0.3 is 12.1 Å². The first-order valence-corrected chi connectivity index (χ1v) is 7.29. The van der Waals surface area contributed by atoms with Crippen molar-refractivity contribution in [3.63, 3.8) is 0 Å². The molecule has 0 bridgehead atoms. The molecule has 2 unspecified atom stereocenters. The van der Waals surface area contributed by atoms with E-state index in [0.29, 0.717) is 13.0 Å². The van der Waals surface area contributed by atoms with Crippen LogP contribution in [0.4, 0.5) is 4.79 Å². The predicted octanol–water partition coefficient (Wildman–Crippen LogP) is 2.35. The van der Waals surface area contributed by atoms with Crippen molar-refractivity contribution in [3.05, 3.63) is 30.1 Å². The second kappa shape index (κ2) is 6.34. The smallest absolute Gasteiger partial charge is 0.411 e. The molecule has 0 N–H and O–H groups in total. The minimum absolute atomic E-state index is 0.0691. The fraction of sp³-hybridized carbons (Fsp3) is 0.562. The Kier molecular flexibility index (Phi) is 4.68. The average Bonchev–Trinajstić information content (AvgIpc) is 2.91. The molecule has 0 spiro atoms. The first kappa shape index (κ1) is 16.3. The van der Waals surface area contributed by atoms with Gasteiger partial charge in [0.15, 0.2) is 0 Å². The zero-order valence-corrected chi connectivity index (χ0v) is 13.4. The molecule has 6 nitrogen and oxygen atoms in total. The second-order valence-corrected chi connectivity index (χ2v) is 6.38. The van der Waals surface area contributed by atoms with E-state index in [1.807, 2.05) is 12.1 Å². The molecule has 1 amide bonds. The molecule has 0 aliphatic carbocycles. The Labute approximate surface area is 130 Å². The first-order valence-electron chi connectivity index (χ1n) is 7.29. The summed E-state index contributed by atoms with van der Waals surface area (Å²) in [6.45, 7) is 5.83. The van der Waals surface area contributed by atoms with Crippen molar-refractivity contribution in [2.24, 2.45) is 0 Å². The summed E-state index contributed by atoms with van der Waals surface area (Å²) in [7, 11) is 1.33. The number of carbonyl (C=O) groups is 2. The number of ether oxygens (including phenoxy) is 2. The second-order valence-electron chi connectivity index (χ2n) is 6.38. The van der Waals surface area contributed by atoms with Gasteiger partial charge in [-0.3, -0.25) is 9.88 Å². The highest BCUT2D eigenvalue weighted by atomic mass is 16.6. The van der Waals surface area contributed by atoms with Gasteiger partial charge in [-0.05, 0) is 44.9 Å². The number of hydrogen-bond donors (Lipinski definition) is 0. The third kappa shape index (κ3) is 3.75. The Morgan fingerprint density at radius 3 is 2.45 bits per heavy atom. The van der Waals surface area contributed by atoms with Crippen molar-refractivity contribution >= 4 is 12.1 Å². The van der Waals surface area contributed by atoms with E-state index in [0.717, 1.165) is 5.56 Å². The largest absolute Gasteiger partial charge is 0.467 e. The fourth-order valence-corrected chi connectivity index (χ4v) is 2.59. The van der Waals surface area contributed by atoms with Crippen molar-refractivity contribution < 1.29 is 19.1 Å². The lowest BCUT2D eigenvalue weighted by atomic mass is 9.97. The van der Waals surface area contributed by atoms with Crippen LogP contribution in [0.25, 0.3) is 0 Å². The van der Waals surface area contributed by atoms with Crippen molar-refractivity contribution in [3.8, 4) is 0 Å². The summed E-state index contributed by atoms with van der Waals surface area (Å²) in [5.74, 6) is -0.345. The molecule has 6 heteroatoms. The Morgan fingerprint density at radius 1 is 1.27 bits per heavy atom. The molecule has 1 aromatic rings. The van der Waals surface area contributed by atoms with Crippen LogP contribution in [0, 0.1) is 0 Å². The number of amides is 1. The summed E-state index contributed by atoms with van der Waals surface area (Å²) in [5, 5.41) is 0. The van der Waals surface area contributed by atoms with Crippen LogP contribution in [-0.4, -0.2) is 47.2 Å². The maximum atomic E-state index is 12.4. The molecular formula is C16H22N2O4. The van der Waals surface area contributed by atoms with Crippen LogP contribution < -0.4 is 0 Å². The minimum atomic E-state index is -0.613. The molecule has 2 rings (SSSR count). The lowest BCUT2D eigenvalue weighted by Gasteiger charge is -2.27. The maximum Gasteiger partial charge on any atom is 0.411 e. The number of pyridine rings is 1. The van der Waals surface area contributed by atoms with Gasteiger partial charge in [0.25, 0.3) is 0 Å². The maximum absolute atomic E-state index is 12.4. The van der Waals surface area contributed by atoms with Crippen LogP contribution in [0.5, 0.6) is 0 Å². The first-order chi connectivity index (χ1) is 10.3. The van der Waals surface area contributed by atoms with E-state index in [9.17, 15) is 9.59 Å². The molecule has 22 heavy (non-hydrogen) atoms. The predicted molar refractivity (Wildman–Crippen MR) is 80.3 cm³/mol. The Hall–Kier alpha value is -2.11. The topological polar surface area (TPSA) is 68.7 Å². The van der Waals surface area contributed by atoms with E-state index < -0.39 is 23.7 Å². The van der Waals surface area contributed by atoms with Gasteiger partial charge in [0.1, 0.15) is 11.6 Å². The van der Waals surface area contributed by atoms with Gasteiger partial charge in [-0.1, -0.05) is 0 Å². The van der Waals surface area contributed by atoms with Gasteiger partial charge < -0.3 is 9.47 Å². The van der Waals surface area contributed by atoms with Crippen LogP contribution in [0.3, 0.4) is 0 Å².